The topological polar surface area (TPSA) is 93.5 Å². The predicted octanol–water partition coefficient (Wildman–Crippen LogP) is 3.64. The SMILES string of the molecule is CCOc1ccc(NC(=O)c2coc(NC(=O)c3cccs3)n2)cc1. The molecule has 0 bridgehead atoms. The summed E-state index contributed by atoms with van der Waals surface area (Å²) in [5.74, 6) is -0.0552. The highest BCUT2D eigenvalue weighted by molar-refractivity contribution is 7.12. The van der Waals surface area contributed by atoms with Crippen LogP contribution in [0.1, 0.15) is 27.1 Å². The average Bonchev–Trinajstić information content (AvgIpc) is 3.28. The van der Waals surface area contributed by atoms with Crippen molar-refractivity contribution in [1.82, 2.24) is 4.98 Å². The van der Waals surface area contributed by atoms with E-state index < -0.39 is 5.91 Å². The molecule has 25 heavy (non-hydrogen) atoms. The number of hydrogen-bond donors (Lipinski definition) is 2. The second-order valence-electron chi connectivity index (χ2n) is 4.88. The molecule has 128 valence electrons. The molecule has 1 aromatic carbocycles. The fourth-order valence-electron chi connectivity index (χ4n) is 2.00. The van der Waals surface area contributed by atoms with E-state index in [-0.39, 0.29) is 17.6 Å². The number of thiophene rings is 1. The van der Waals surface area contributed by atoms with E-state index in [1.807, 2.05) is 6.92 Å². The monoisotopic (exact) mass is 357 g/mol. The lowest BCUT2D eigenvalue weighted by Gasteiger charge is -2.05. The number of nitrogens with one attached hydrogen (secondary N) is 2. The lowest BCUT2D eigenvalue weighted by atomic mass is 10.3. The number of benzene rings is 1. The van der Waals surface area contributed by atoms with Crippen LogP contribution in [0.25, 0.3) is 0 Å². The number of hydrogen-bond acceptors (Lipinski definition) is 6. The summed E-state index contributed by atoms with van der Waals surface area (Å²) in [5.41, 5.74) is 0.663. The van der Waals surface area contributed by atoms with Gasteiger partial charge in [0.05, 0.1) is 11.5 Å². The highest BCUT2D eigenvalue weighted by atomic mass is 32.1. The van der Waals surface area contributed by atoms with Crippen molar-refractivity contribution < 1.29 is 18.7 Å². The normalized spacial score (nSPS) is 10.3. The molecule has 0 atom stereocenters. The average molecular weight is 357 g/mol. The maximum atomic E-state index is 12.2. The Morgan fingerprint density at radius 3 is 2.64 bits per heavy atom. The Bertz CT molecular complexity index is 856. The summed E-state index contributed by atoms with van der Waals surface area (Å²) in [5, 5.41) is 6.99. The zero-order valence-corrected chi connectivity index (χ0v) is 14.1. The number of aromatic nitrogens is 1. The van der Waals surface area contributed by atoms with E-state index in [1.54, 1.807) is 41.8 Å². The molecule has 0 unspecified atom stereocenters. The minimum atomic E-state index is -0.440. The zero-order valence-electron chi connectivity index (χ0n) is 13.3. The highest BCUT2D eigenvalue weighted by Crippen LogP contribution is 2.17. The second-order valence-corrected chi connectivity index (χ2v) is 5.83. The Hall–Kier alpha value is -3.13. The Kier molecular flexibility index (Phi) is 5.10. The van der Waals surface area contributed by atoms with Gasteiger partial charge in [0.1, 0.15) is 12.0 Å². The number of amides is 2. The van der Waals surface area contributed by atoms with Gasteiger partial charge in [0.25, 0.3) is 11.8 Å². The predicted molar refractivity (Wildman–Crippen MR) is 94.3 cm³/mol. The van der Waals surface area contributed by atoms with Crippen LogP contribution in [-0.4, -0.2) is 23.4 Å². The molecular formula is C17H15N3O4S. The fourth-order valence-corrected chi connectivity index (χ4v) is 2.62. The van der Waals surface area contributed by atoms with E-state index in [0.717, 1.165) is 5.75 Å². The maximum absolute atomic E-state index is 12.2. The van der Waals surface area contributed by atoms with Gasteiger partial charge in [-0.2, -0.15) is 4.98 Å². The maximum Gasteiger partial charge on any atom is 0.302 e. The minimum Gasteiger partial charge on any atom is -0.494 e. The van der Waals surface area contributed by atoms with Crippen LogP contribution in [0.2, 0.25) is 0 Å². The Labute approximate surface area is 147 Å². The van der Waals surface area contributed by atoms with Crippen molar-refractivity contribution in [2.45, 2.75) is 6.92 Å². The molecule has 2 amide bonds. The first kappa shape index (κ1) is 16.7. The Morgan fingerprint density at radius 1 is 1.16 bits per heavy atom. The summed E-state index contributed by atoms with van der Waals surface area (Å²) in [6.07, 6.45) is 1.19. The summed E-state index contributed by atoms with van der Waals surface area (Å²) in [6, 6.07) is 10.4. The van der Waals surface area contributed by atoms with Gasteiger partial charge in [-0.15, -0.1) is 11.3 Å². The van der Waals surface area contributed by atoms with Crippen LogP contribution < -0.4 is 15.4 Å². The summed E-state index contributed by atoms with van der Waals surface area (Å²) >= 11 is 1.30. The summed E-state index contributed by atoms with van der Waals surface area (Å²) in [4.78, 5) is 28.6. The molecule has 7 nitrogen and oxygen atoms in total. The zero-order chi connectivity index (χ0) is 17.6. The van der Waals surface area contributed by atoms with Gasteiger partial charge in [-0.25, -0.2) is 0 Å². The number of rotatable bonds is 6. The number of carbonyl (C=O) groups is 2. The van der Waals surface area contributed by atoms with E-state index >= 15 is 0 Å². The first-order valence-electron chi connectivity index (χ1n) is 7.50. The standard InChI is InChI=1S/C17H15N3O4S/c1-2-23-12-7-5-11(6-8-12)18-15(21)13-10-24-17(19-13)20-16(22)14-4-3-9-25-14/h3-10H,2H2,1H3,(H,18,21)(H,19,20,22). The molecule has 2 N–H and O–H groups in total. The smallest absolute Gasteiger partial charge is 0.302 e. The number of ether oxygens (including phenoxy) is 1. The van der Waals surface area contributed by atoms with Crippen LogP contribution in [-0.2, 0) is 0 Å². The molecule has 2 heterocycles. The second kappa shape index (κ2) is 7.63. The molecule has 3 rings (SSSR count). The third kappa shape index (κ3) is 4.24. The number of nitrogens with zero attached hydrogens (tertiary/aromatic N) is 1. The number of oxazole rings is 1. The third-order valence-corrected chi connectivity index (χ3v) is 3.99. The molecular weight excluding hydrogens is 342 g/mol. The van der Waals surface area contributed by atoms with Gasteiger partial charge >= 0.3 is 6.01 Å². The molecule has 0 aliphatic rings. The largest absolute Gasteiger partial charge is 0.494 e. The Morgan fingerprint density at radius 2 is 1.96 bits per heavy atom. The molecule has 3 aromatic rings. The van der Waals surface area contributed by atoms with Crippen LogP contribution in [0.15, 0.2) is 52.5 Å². The molecule has 0 radical (unpaired) electrons. The minimum absolute atomic E-state index is 0.0322. The molecule has 2 aromatic heterocycles. The summed E-state index contributed by atoms with van der Waals surface area (Å²) < 4.78 is 10.5. The van der Waals surface area contributed by atoms with Crippen molar-refractivity contribution in [2.24, 2.45) is 0 Å². The van der Waals surface area contributed by atoms with E-state index in [9.17, 15) is 9.59 Å². The lowest BCUT2D eigenvalue weighted by Crippen LogP contribution is -2.13. The van der Waals surface area contributed by atoms with Crippen molar-refractivity contribution >= 4 is 34.9 Å². The van der Waals surface area contributed by atoms with Crippen LogP contribution in [0.3, 0.4) is 0 Å². The van der Waals surface area contributed by atoms with E-state index in [1.165, 1.54) is 17.6 Å². The van der Waals surface area contributed by atoms with Crippen molar-refractivity contribution in [3.63, 3.8) is 0 Å². The lowest BCUT2D eigenvalue weighted by molar-refractivity contribution is 0.101. The van der Waals surface area contributed by atoms with Gasteiger partial charge in [0.15, 0.2) is 5.69 Å². The van der Waals surface area contributed by atoms with Crippen LogP contribution in [0.4, 0.5) is 11.7 Å². The molecule has 0 saturated heterocycles. The molecule has 0 spiro atoms. The van der Waals surface area contributed by atoms with Gasteiger partial charge < -0.3 is 14.5 Å². The molecule has 0 saturated carbocycles. The first-order valence-corrected chi connectivity index (χ1v) is 8.38. The third-order valence-electron chi connectivity index (χ3n) is 3.13. The Balaban J connectivity index is 1.61. The summed E-state index contributed by atoms with van der Waals surface area (Å²) in [7, 11) is 0. The molecule has 0 aliphatic heterocycles. The fraction of sp³-hybridized carbons (Fsp3) is 0.118. The highest BCUT2D eigenvalue weighted by Gasteiger charge is 2.15. The van der Waals surface area contributed by atoms with E-state index in [0.29, 0.717) is 17.2 Å². The van der Waals surface area contributed by atoms with Gasteiger partial charge in [-0.05, 0) is 42.6 Å². The van der Waals surface area contributed by atoms with Gasteiger partial charge in [0, 0.05) is 5.69 Å². The molecule has 0 fully saturated rings. The van der Waals surface area contributed by atoms with Crippen LogP contribution >= 0.6 is 11.3 Å². The quantitative estimate of drug-likeness (QED) is 0.702. The van der Waals surface area contributed by atoms with Crippen molar-refractivity contribution in [3.05, 3.63) is 58.6 Å². The number of carbonyl (C=O) groups excluding carboxylic acids is 2. The van der Waals surface area contributed by atoms with Gasteiger partial charge in [0.2, 0.25) is 0 Å². The van der Waals surface area contributed by atoms with Crippen LogP contribution in [0.5, 0.6) is 5.75 Å². The van der Waals surface area contributed by atoms with Crippen molar-refractivity contribution in [1.29, 1.82) is 0 Å². The van der Waals surface area contributed by atoms with E-state index in [2.05, 4.69) is 15.6 Å². The van der Waals surface area contributed by atoms with Crippen molar-refractivity contribution in [3.8, 4) is 5.75 Å². The molecule has 8 heteroatoms. The summed E-state index contributed by atoms with van der Waals surface area (Å²) in [6.45, 7) is 2.47. The van der Waals surface area contributed by atoms with Crippen molar-refractivity contribution in [2.75, 3.05) is 17.2 Å². The van der Waals surface area contributed by atoms with Crippen LogP contribution in [0, 0.1) is 0 Å². The number of anilines is 2. The first-order chi connectivity index (χ1) is 12.2. The molecule has 0 aliphatic carbocycles. The van der Waals surface area contributed by atoms with E-state index in [4.69, 9.17) is 9.15 Å². The van der Waals surface area contributed by atoms with Gasteiger partial charge in [-0.3, -0.25) is 14.9 Å². The van der Waals surface area contributed by atoms with Gasteiger partial charge in [-0.1, -0.05) is 6.07 Å².